The molecule has 0 bridgehead atoms. The van der Waals surface area contributed by atoms with Crippen LogP contribution >= 0.6 is 0 Å². The van der Waals surface area contributed by atoms with E-state index in [-0.39, 0.29) is 0 Å². The molecule has 0 radical (unpaired) electrons. The van der Waals surface area contributed by atoms with Gasteiger partial charge in [0.05, 0.1) is 19.7 Å². The SMILES string of the molecule is COc1ccc(OC)c2c1cc(C)n2C. The average molecular weight is 205 g/mol. The van der Waals surface area contributed by atoms with Crippen LogP contribution < -0.4 is 9.47 Å². The Kier molecular flexibility index (Phi) is 2.31. The molecule has 0 saturated heterocycles. The fourth-order valence-electron chi connectivity index (χ4n) is 1.88. The molecule has 80 valence electrons. The van der Waals surface area contributed by atoms with Crippen molar-refractivity contribution in [1.29, 1.82) is 0 Å². The van der Waals surface area contributed by atoms with Crippen LogP contribution in [-0.2, 0) is 7.05 Å². The molecule has 2 aromatic rings. The van der Waals surface area contributed by atoms with Crippen LogP contribution in [-0.4, -0.2) is 18.8 Å². The number of fused-ring (bicyclic) bond motifs is 1. The molecule has 0 fully saturated rings. The van der Waals surface area contributed by atoms with Gasteiger partial charge in [0, 0.05) is 18.1 Å². The van der Waals surface area contributed by atoms with E-state index in [2.05, 4.69) is 17.6 Å². The van der Waals surface area contributed by atoms with E-state index in [1.54, 1.807) is 14.2 Å². The minimum atomic E-state index is 0.876. The lowest BCUT2D eigenvalue weighted by molar-refractivity contribution is 0.409. The molecular weight excluding hydrogens is 190 g/mol. The van der Waals surface area contributed by atoms with Crippen LogP contribution in [0.2, 0.25) is 0 Å². The molecular formula is C12H15NO2. The van der Waals surface area contributed by atoms with Gasteiger partial charge in [0.2, 0.25) is 0 Å². The fourth-order valence-corrected chi connectivity index (χ4v) is 1.88. The highest BCUT2D eigenvalue weighted by Gasteiger charge is 2.12. The van der Waals surface area contributed by atoms with Crippen LogP contribution in [0, 0.1) is 6.92 Å². The zero-order chi connectivity index (χ0) is 11.0. The summed E-state index contributed by atoms with van der Waals surface area (Å²) in [5.41, 5.74) is 2.27. The van der Waals surface area contributed by atoms with Crippen LogP contribution in [0.25, 0.3) is 10.9 Å². The van der Waals surface area contributed by atoms with Crippen LogP contribution in [0.5, 0.6) is 11.5 Å². The molecule has 1 aromatic heterocycles. The molecule has 0 unspecified atom stereocenters. The highest BCUT2D eigenvalue weighted by Crippen LogP contribution is 2.34. The van der Waals surface area contributed by atoms with E-state index in [1.807, 2.05) is 19.2 Å². The van der Waals surface area contributed by atoms with Gasteiger partial charge in [-0.3, -0.25) is 0 Å². The lowest BCUT2D eigenvalue weighted by atomic mass is 10.2. The molecule has 2 rings (SSSR count). The van der Waals surface area contributed by atoms with E-state index in [1.165, 1.54) is 5.69 Å². The maximum Gasteiger partial charge on any atom is 0.143 e. The minimum absolute atomic E-state index is 0.876. The molecule has 3 nitrogen and oxygen atoms in total. The lowest BCUT2D eigenvalue weighted by Gasteiger charge is -2.08. The number of methoxy groups -OCH3 is 2. The highest BCUT2D eigenvalue weighted by molar-refractivity contribution is 5.92. The molecule has 0 N–H and O–H groups in total. The Bertz CT molecular complexity index is 500. The van der Waals surface area contributed by atoms with E-state index < -0.39 is 0 Å². The standard InChI is InChI=1S/C12H15NO2/c1-8-7-9-10(14-3)5-6-11(15-4)12(9)13(8)2/h5-7H,1-4H3. The van der Waals surface area contributed by atoms with Crippen LogP contribution in [0.3, 0.4) is 0 Å². The maximum absolute atomic E-state index is 5.34. The second-order valence-corrected chi connectivity index (χ2v) is 3.58. The predicted octanol–water partition coefficient (Wildman–Crippen LogP) is 2.50. The molecule has 0 spiro atoms. The topological polar surface area (TPSA) is 23.4 Å². The van der Waals surface area contributed by atoms with Gasteiger partial charge >= 0.3 is 0 Å². The van der Waals surface area contributed by atoms with Crippen LogP contribution in [0.1, 0.15) is 5.69 Å². The number of benzene rings is 1. The second kappa shape index (κ2) is 3.50. The van der Waals surface area contributed by atoms with Crippen molar-refractivity contribution in [3.8, 4) is 11.5 Å². The van der Waals surface area contributed by atoms with Gasteiger partial charge in [-0.25, -0.2) is 0 Å². The molecule has 3 heteroatoms. The number of hydrogen-bond donors (Lipinski definition) is 0. The number of hydrogen-bond acceptors (Lipinski definition) is 2. The molecule has 0 aliphatic carbocycles. The molecule has 0 atom stereocenters. The largest absolute Gasteiger partial charge is 0.496 e. The van der Waals surface area contributed by atoms with Crippen molar-refractivity contribution in [1.82, 2.24) is 4.57 Å². The van der Waals surface area contributed by atoms with Gasteiger partial charge in [0.15, 0.2) is 0 Å². The summed E-state index contributed by atoms with van der Waals surface area (Å²) in [5, 5.41) is 1.09. The number of nitrogens with zero attached hydrogens (tertiary/aromatic N) is 1. The van der Waals surface area contributed by atoms with Gasteiger partial charge in [-0.05, 0) is 25.1 Å². The first-order valence-corrected chi connectivity index (χ1v) is 4.86. The Hall–Kier alpha value is -1.64. The third kappa shape index (κ3) is 1.35. The number of aryl methyl sites for hydroxylation is 2. The van der Waals surface area contributed by atoms with E-state index in [9.17, 15) is 0 Å². The number of rotatable bonds is 2. The molecule has 0 saturated carbocycles. The van der Waals surface area contributed by atoms with Crippen LogP contribution in [0.15, 0.2) is 18.2 Å². The van der Waals surface area contributed by atoms with E-state index in [0.29, 0.717) is 0 Å². The van der Waals surface area contributed by atoms with Crippen molar-refractivity contribution in [3.63, 3.8) is 0 Å². The van der Waals surface area contributed by atoms with Crippen molar-refractivity contribution in [2.45, 2.75) is 6.92 Å². The fraction of sp³-hybridized carbons (Fsp3) is 0.333. The zero-order valence-electron chi connectivity index (χ0n) is 9.50. The Morgan fingerprint density at radius 3 is 2.27 bits per heavy atom. The summed E-state index contributed by atoms with van der Waals surface area (Å²) in [6.45, 7) is 2.07. The molecule has 0 aliphatic heterocycles. The summed E-state index contributed by atoms with van der Waals surface area (Å²) in [4.78, 5) is 0. The summed E-state index contributed by atoms with van der Waals surface area (Å²) in [6, 6.07) is 5.97. The van der Waals surface area contributed by atoms with Gasteiger partial charge in [0.1, 0.15) is 11.5 Å². The van der Waals surface area contributed by atoms with E-state index >= 15 is 0 Å². The second-order valence-electron chi connectivity index (χ2n) is 3.58. The maximum atomic E-state index is 5.34. The summed E-state index contributed by atoms with van der Waals surface area (Å²) < 4.78 is 12.8. The molecule has 0 aliphatic rings. The molecule has 15 heavy (non-hydrogen) atoms. The quantitative estimate of drug-likeness (QED) is 0.752. The highest BCUT2D eigenvalue weighted by atomic mass is 16.5. The summed E-state index contributed by atoms with van der Waals surface area (Å²) in [5.74, 6) is 1.76. The first-order chi connectivity index (χ1) is 7.19. The number of ether oxygens (including phenoxy) is 2. The van der Waals surface area contributed by atoms with Gasteiger partial charge in [-0.15, -0.1) is 0 Å². The van der Waals surface area contributed by atoms with Gasteiger partial charge in [-0.2, -0.15) is 0 Å². The van der Waals surface area contributed by atoms with Gasteiger partial charge < -0.3 is 14.0 Å². The van der Waals surface area contributed by atoms with Crippen molar-refractivity contribution >= 4 is 10.9 Å². The smallest absolute Gasteiger partial charge is 0.143 e. The third-order valence-electron chi connectivity index (χ3n) is 2.80. The van der Waals surface area contributed by atoms with E-state index in [4.69, 9.17) is 9.47 Å². The Labute approximate surface area is 89.2 Å². The lowest BCUT2D eigenvalue weighted by Crippen LogP contribution is -1.94. The third-order valence-corrected chi connectivity index (χ3v) is 2.80. The molecule has 0 amide bonds. The zero-order valence-corrected chi connectivity index (χ0v) is 9.50. The Morgan fingerprint density at radius 2 is 1.67 bits per heavy atom. The van der Waals surface area contributed by atoms with Gasteiger partial charge in [0.25, 0.3) is 0 Å². The minimum Gasteiger partial charge on any atom is -0.496 e. The van der Waals surface area contributed by atoms with Crippen molar-refractivity contribution in [3.05, 3.63) is 23.9 Å². The normalized spacial score (nSPS) is 10.7. The summed E-state index contributed by atoms with van der Waals surface area (Å²) >= 11 is 0. The number of aromatic nitrogens is 1. The van der Waals surface area contributed by atoms with Crippen molar-refractivity contribution in [2.75, 3.05) is 14.2 Å². The summed E-state index contributed by atoms with van der Waals surface area (Å²) in [7, 11) is 5.40. The van der Waals surface area contributed by atoms with Gasteiger partial charge in [-0.1, -0.05) is 0 Å². The van der Waals surface area contributed by atoms with Crippen molar-refractivity contribution in [2.24, 2.45) is 7.05 Å². The first-order valence-electron chi connectivity index (χ1n) is 4.86. The average Bonchev–Trinajstić information content (AvgIpc) is 2.55. The predicted molar refractivity (Wildman–Crippen MR) is 60.8 cm³/mol. The summed E-state index contributed by atoms with van der Waals surface area (Å²) in [6.07, 6.45) is 0. The Morgan fingerprint density at radius 1 is 1.07 bits per heavy atom. The van der Waals surface area contributed by atoms with Crippen LogP contribution in [0.4, 0.5) is 0 Å². The Balaban J connectivity index is 2.86. The molecule has 1 aromatic carbocycles. The monoisotopic (exact) mass is 205 g/mol. The van der Waals surface area contributed by atoms with E-state index in [0.717, 1.165) is 22.4 Å². The first kappa shape index (κ1) is 9.90. The van der Waals surface area contributed by atoms with Crippen molar-refractivity contribution < 1.29 is 9.47 Å². The molecule has 1 heterocycles.